The molecule has 3 aromatic heterocycles. The fraction of sp³-hybridized carbons (Fsp3) is 0.0385. The third kappa shape index (κ3) is 4.59. The van der Waals surface area contributed by atoms with Crippen LogP contribution in [0.1, 0.15) is 5.69 Å². The summed E-state index contributed by atoms with van der Waals surface area (Å²) in [4.78, 5) is 9.18. The zero-order valence-electron chi connectivity index (χ0n) is 19.2. The standard InChI is InChI=1S/C26H18BrN7O3/c27-18-6-10-20(11-7-18)33-26-22(14-30-33)25(28-16-29-26)31-19-8-12-21(13-9-19)36-15-23-24(32-37-34(23)35)17-4-2-1-3-5-17/h1-14,16H,15H2,(H,28,29,31). The van der Waals surface area contributed by atoms with Crippen molar-refractivity contribution in [3.63, 3.8) is 0 Å². The van der Waals surface area contributed by atoms with Crippen molar-refractivity contribution in [3.05, 3.63) is 107 Å². The molecule has 0 amide bonds. The number of nitrogens with one attached hydrogen (secondary N) is 1. The largest absolute Gasteiger partial charge is 0.485 e. The van der Waals surface area contributed by atoms with Gasteiger partial charge in [-0.3, -0.25) is 4.63 Å². The minimum Gasteiger partial charge on any atom is -0.485 e. The highest BCUT2D eigenvalue weighted by molar-refractivity contribution is 9.10. The van der Waals surface area contributed by atoms with Crippen LogP contribution in [0.15, 0.2) is 100 Å². The third-order valence-electron chi connectivity index (χ3n) is 5.68. The molecule has 6 rings (SSSR count). The number of aromatic nitrogens is 6. The fourth-order valence-electron chi connectivity index (χ4n) is 3.84. The molecule has 0 saturated heterocycles. The van der Waals surface area contributed by atoms with E-state index in [1.165, 1.54) is 6.33 Å². The molecule has 0 radical (unpaired) electrons. The van der Waals surface area contributed by atoms with Gasteiger partial charge in [-0.2, -0.15) is 5.10 Å². The van der Waals surface area contributed by atoms with Gasteiger partial charge in [0.25, 0.3) is 5.69 Å². The van der Waals surface area contributed by atoms with Crippen molar-refractivity contribution in [1.82, 2.24) is 24.9 Å². The lowest BCUT2D eigenvalue weighted by atomic mass is 10.1. The highest BCUT2D eigenvalue weighted by Crippen LogP contribution is 2.27. The van der Waals surface area contributed by atoms with E-state index in [1.54, 1.807) is 23.0 Å². The maximum absolute atomic E-state index is 12.1. The number of ether oxygens (including phenoxy) is 1. The summed E-state index contributed by atoms with van der Waals surface area (Å²) in [6.07, 6.45) is 3.24. The molecule has 182 valence electrons. The Morgan fingerprint density at radius 3 is 2.54 bits per heavy atom. The van der Waals surface area contributed by atoms with Gasteiger partial charge in [-0.05, 0) is 53.4 Å². The van der Waals surface area contributed by atoms with Crippen molar-refractivity contribution in [1.29, 1.82) is 0 Å². The number of halogens is 1. The lowest BCUT2D eigenvalue weighted by molar-refractivity contribution is -0.808. The van der Waals surface area contributed by atoms with Crippen LogP contribution in [-0.4, -0.2) is 24.9 Å². The Morgan fingerprint density at radius 1 is 0.973 bits per heavy atom. The van der Waals surface area contributed by atoms with Gasteiger partial charge in [-0.25, -0.2) is 14.6 Å². The molecule has 10 nitrogen and oxygen atoms in total. The second-order valence-corrected chi connectivity index (χ2v) is 8.94. The lowest BCUT2D eigenvalue weighted by Gasteiger charge is -2.09. The van der Waals surface area contributed by atoms with Gasteiger partial charge in [0.05, 0.1) is 17.3 Å². The van der Waals surface area contributed by atoms with E-state index in [-0.39, 0.29) is 6.61 Å². The van der Waals surface area contributed by atoms with E-state index in [4.69, 9.17) is 9.37 Å². The Morgan fingerprint density at radius 2 is 1.76 bits per heavy atom. The summed E-state index contributed by atoms with van der Waals surface area (Å²) >= 11 is 3.45. The molecular formula is C26H18BrN7O3. The molecule has 0 fully saturated rings. The highest BCUT2D eigenvalue weighted by Gasteiger charge is 2.21. The zero-order chi connectivity index (χ0) is 25.2. The summed E-state index contributed by atoms with van der Waals surface area (Å²) in [5, 5.41) is 24.5. The first kappa shape index (κ1) is 22.7. The van der Waals surface area contributed by atoms with Crippen LogP contribution in [0.2, 0.25) is 0 Å². The molecule has 6 aromatic rings. The number of anilines is 2. The van der Waals surface area contributed by atoms with Crippen molar-refractivity contribution in [2.24, 2.45) is 0 Å². The Labute approximate surface area is 218 Å². The Hall–Kier alpha value is -4.77. The summed E-state index contributed by atoms with van der Waals surface area (Å²) in [6, 6.07) is 24.5. The number of hydrogen-bond acceptors (Lipinski definition) is 8. The first-order chi connectivity index (χ1) is 18.2. The Kier molecular flexibility index (Phi) is 5.95. The van der Waals surface area contributed by atoms with Crippen LogP contribution in [-0.2, 0) is 6.61 Å². The van der Waals surface area contributed by atoms with Gasteiger partial charge in [0.15, 0.2) is 12.3 Å². The average Bonchev–Trinajstić information content (AvgIpc) is 3.53. The molecule has 0 aliphatic rings. The third-order valence-corrected chi connectivity index (χ3v) is 6.21. The normalized spacial score (nSPS) is 11.1. The van der Waals surface area contributed by atoms with E-state index < -0.39 is 0 Å². The van der Waals surface area contributed by atoms with Gasteiger partial charge >= 0.3 is 0 Å². The van der Waals surface area contributed by atoms with Gasteiger partial charge in [0, 0.05) is 20.9 Å². The Balaban J connectivity index is 1.18. The van der Waals surface area contributed by atoms with Crippen LogP contribution in [0.25, 0.3) is 28.0 Å². The quantitative estimate of drug-likeness (QED) is 0.267. The molecule has 0 aliphatic heterocycles. The van der Waals surface area contributed by atoms with Crippen LogP contribution in [0, 0.1) is 5.21 Å². The fourth-order valence-corrected chi connectivity index (χ4v) is 4.10. The molecule has 0 atom stereocenters. The molecule has 37 heavy (non-hydrogen) atoms. The molecule has 0 saturated carbocycles. The van der Waals surface area contributed by atoms with Crippen molar-refractivity contribution < 1.29 is 14.3 Å². The average molecular weight is 556 g/mol. The van der Waals surface area contributed by atoms with Crippen LogP contribution < -0.4 is 15.0 Å². The maximum Gasteiger partial charge on any atom is 0.255 e. The van der Waals surface area contributed by atoms with Crippen LogP contribution in [0.4, 0.5) is 11.5 Å². The van der Waals surface area contributed by atoms with Gasteiger partial charge in [-0.1, -0.05) is 46.3 Å². The van der Waals surface area contributed by atoms with Crippen molar-refractivity contribution >= 4 is 38.5 Å². The molecule has 11 heteroatoms. The minimum atomic E-state index is 0.00573. The monoisotopic (exact) mass is 555 g/mol. The second-order valence-electron chi connectivity index (χ2n) is 8.02. The van der Waals surface area contributed by atoms with Crippen LogP contribution >= 0.6 is 15.9 Å². The van der Waals surface area contributed by atoms with E-state index in [1.807, 2.05) is 66.7 Å². The van der Waals surface area contributed by atoms with E-state index in [2.05, 4.69) is 41.5 Å². The smallest absolute Gasteiger partial charge is 0.255 e. The number of fused-ring (bicyclic) bond motifs is 1. The molecule has 1 N–H and O–H groups in total. The van der Waals surface area contributed by atoms with Crippen molar-refractivity contribution in [3.8, 4) is 22.7 Å². The number of hydrogen-bond donors (Lipinski definition) is 1. The summed E-state index contributed by atoms with van der Waals surface area (Å²) in [6.45, 7) is 0.00573. The molecule has 0 aliphatic carbocycles. The van der Waals surface area contributed by atoms with E-state index in [9.17, 15) is 5.21 Å². The number of benzene rings is 3. The van der Waals surface area contributed by atoms with Crippen molar-refractivity contribution in [2.45, 2.75) is 6.61 Å². The number of rotatable bonds is 7. The molecule has 0 spiro atoms. The summed E-state index contributed by atoms with van der Waals surface area (Å²) in [5.41, 5.74) is 3.90. The van der Waals surface area contributed by atoms with Gasteiger partial charge in [-0.15, -0.1) is 0 Å². The van der Waals surface area contributed by atoms with Gasteiger partial charge < -0.3 is 15.3 Å². The first-order valence-corrected chi connectivity index (χ1v) is 12.0. The van der Waals surface area contributed by atoms with E-state index in [0.29, 0.717) is 33.5 Å². The second kappa shape index (κ2) is 9.70. The van der Waals surface area contributed by atoms with Gasteiger partial charge in [0.2, 0.25) is 5.69 Å². The number of nitrogens with zero attached hydrogens (tertiary/aromatic N) is 6. The van der Waals surface area contributed by atoms with Crippen LogP contribution in [0.5, 0.6) is 5.75 Å². The summed E-state index contributed by atoms with van der Waals surface area (Å²) in [5.74, 6) is 1.22. The SMILES string of the molecule is [O-][n+]1onc(-c2ccccc2)c1COc1ccc(Nc2ncnc3c2cnn3-c2ccc(Br)cc2)cc1. The van der Waals surface area contributed by atoms with Gasteiger partial charge in [0.1, 0.15) is 17.9 Å². The minimum absolute atomic E-state index is 0.00573. The molecular weight excluding hydrogens is 538 g/mol. The maximum atomic E-state index is 12.1. The summed E-state index contributed by atoms with van der Waals surface area (Å²) in [7, 11) is 0. The topological polar surface area (TPSA) is 118 Å². The predicted octanol–water partition coefficient (Wildman–Crippen LogP) is 5.19. The predicted molar refractivity (Wildman–Crippen MR) is 139 cm³/mol. The zero-order valence-corrected chi connectivity index (χ0v) is 20.7. The van der Waals surface area contributed by atoms with Crippen LogP contribution in [0.3, 0.4) is 0 Å². The summed E-state index contributed by atoms with van der Waals surface area (Å²) < 4.78 is 13.4. The molecule has 0 bridgehead atoms. The molecule has 3 heterocycles. The molecule has 0 unspecified atom stereocenters. The Bertz CT molecular complexity index is 1670. The molecule has 3 aromatic carbocycles. The van der Waals surface area contributed by atoms with E-state index in [0.717, 1.165) is 26.8 Å². The van der Waals surface area contributed by atoms with E-state index >= 15 is 0 Å². The lowest BCUT2D eigenvalue weighted by Crippen LogP contribution is -2.29. The first-order valence-electron chi connectivity index (χ1n) is 11.2. The highest BCUT2D eigenvalue weighted by atomic mass is 79.9. The van der Waals surface area contributed by atoms with Crippen molar-refractivity contribution in [2.75, 3.05) is 5.32 Å².